The van der Waals surface area contributed by atoms with Crippen molar-refractivity contribution in [2.45, 2.75) is 38.4 Å². The van der Waals surface area contributed by atoms with Gasteiger partial charge in [0.05, 0.1) is 25.1 Å². The molecule has 0 amide bonds. The predicted molar refractivity (Wildman–Crippen MR) is 79.0 cm³/mol. The Labute approximate surface area is 122 Å². The molecule has 5 nitrogen and oxygen atoms in total. The van der Waals surface area contributed by atoms with Gasteiger partial charge in [0, 0.05) is 0 Å². The highest BCUT2D eigenvalue weighted by Crippen LogP contribution is 2.24. The normalized spacial score (nSPS) is 17.2. The minimum atomic E-state index is -3.53. The van der Waals surface area contributed by atoms with Gasteiger partial charge in [-0.25, -0.2) is 0 Å². The van der Waals surface area contributed by atoms with Crippen LogP contribution < -0.4 is 0 Å². The van der Waals surface area contributed by atoms with Crippen LogP contribution in [-0.4, -0.2) is 43.7 Å². The van der Waals surface area contributed by atoms with Crippen LogP contribution in [0, 0.1) is 5.92 Å². The van der Waals surface area contributed by atoms with E-state index in [0.29, 0.717) is 19.3 Å². The van der Waals surface area contributed by atoms with Gasteiger partial charge in [-0.2, -0.15) is 8.42 Å². The lowest BCUT2D eigenvalue weighted by atomic mass is 9.99. The summed E-state index contributed by atoms with van der Waals surface area (Å²) in [6.07, 6.45) is 0.871. The van der Waals surface area contributed by atoms with Crippen molar-refractivity contribution in [3.8, 4) is 0 Å². The van der Waals surface area contributed by atoms with Crippen LogP contribution in [-0.2, 0) is 14.3 Å². The van der Waals surface area contributed by atoms with E-state index < -0.39 is 22.3 Å². The lowest BCUT2D eigenvalue weighted by Crippen LogP contribution is -2.23. The average molecular weight is 392 g/mol. The van der Waals surface area contributed by atoms with E-state index in [1.807, 2.05) is 6.92 Å². The molecule has 0 aromatic carbocycles. The van der Waals surface area contributed by atoms with E-state index in [9.17, 15) is 13.5 Å². The maximum Gasteiger partial charge on any atom is 0.264 e. The van der Waals surface area contributed by atoms with Crippen molar-refractivity contribution >= 4 is 32.7 Å². The molecule has 7 heteroatoms. The molecule has 0 spiro atoms. The number of aliphatic hydroxyl groups excluding tert-OH is 2. The zero-order valence-corrected chi connectivity index (χ0v) is 13.6. The van der Waals surface area contributed by atoms with Gasteiger partial charge in [0.25, 0.3) is 10.1 Å². The highest BCUT2D eigenvalue weighted by molar-refractivity contribution is 14.1. The molecule has 0 heterocycles. The molecule has 0 saturated carbocycles. The number of rotatable bonds is 9. The first-order valence-electron chi connectivity index (χ1n) is 5.67. The van der Waals surface area contributed by atoms with Gasteiger partial charge in [0.2, 0.25) is 0 Å². The molecule has 18 heavy (non-hydrogen) atoms. The molecular formula is C11H21IO5S. The van der Waals surface area contributed by atoms with E-state index >= 15 is 0 Å². The fourth-order valence-corrected chi connectivity index (χ4v) is 2.37. The fourth-order valence-electron chi connectivity index (χ4n) is 1.44. The molecule has 0 fully saturated rings. The molecule has 0 radical (unpaired) electrons. The number of hydrogen-bond donors (Lipinski definition) is 2. The summed E-state index contributed by atoms with van der Waals surface area (Å²) < 4.78 is 28.2. The first kappa shape index (κ1) is 18.3. The third-order valence-corrected chi connectivity index (χ3v) is 4.18. The third kappa shape index (κ3) is 9.26. The molecule has 0 saturated heterocycles. The van der Waals surface area contributed by atoms with E-state index in [4.69, 9.17) is 9.29 Å². The summed E-state index contributed by atoms with van der Waals surface area (Å²) >= 11 is 2.10. The second kappa shape index (κ2) is 8.47. The van der Waals surface area contributed by atoms with Gasteiger partial charge in [0.15, 0.2) is 0 Å². The maximum absolute atomic E-state index is 11.1. The summed E-state index contributed by atoms with van der Waals surface area (Å²) in [6.45, 7) is 5.42. The quantitative estimate of drug-likeness (QED) is 0.458. The van der Waals surface area contributed by atoms with Crippen LogP contribution in [0.25, 0.3) is 0 Å². The van der Waals surface area contributed by atoms with Crippen molar-refractivity contribution in [1.29, 1.82) is 0 Å². The fraction of sp³-hybridized carbons (Fsp3) is 0.818. The highest BCUT2D eigenvalue weighted by atomic mass is 127. The molecule has 2 N–H and O–H groups in total. The number of hydrogen-bond acceptors (Lipinski definition) is 5. The number of allylic oxidation sites excluding steroid dienone is 1. The lowest BCUT2D eigenvalue weighted by Gasteiger charge is -2.20. The van der Waals surface area contributed by atoms with Crippen molar-refractivity contribution < 1.29 is 22.8 Å². The van der Waals surface area contributed by atoms with Crippen LogP contribution in [0.1, 0.15) is 26.2 Å². The molecule has 0 aliphatic carbocycles. The Kier molecular flexibility index (Phi) is 8.61. The van der Waals surface area contributed by atoms with Crippen molar-refractivity contribution in [3.63, 3.8) is 0 Å². The zero-order chi connectivity index (χ0) is 14.3. The molecule has 108 valence electrons. The Morgan fingerprint density at radius 2 is 2.00 bits per heavy atom. The Bertz CT molecular complexity index is 354. The van der Waals surface area contributed by atoms with Crippen LogP contribution in [0.2, 0.25) is 0 Å². The smallest absolute Gasteiger partial charge is 0.264 e. The molecule has 0 bridgehead atoms. The second-order valence-electron chi connectivity index (χ2n) is 4.42. The van der Waals surface area contributed by atoms with Crippen molar-refractivity contribution in [2.75, 3.05) is 12.9 Å². The monoisotopic (exact) mass is 392 g/mol. The zero-order valence-electron chi connectivity index (χ0n) is 10.7. The van der Waals surface area contributed by atoms with Gasteiger partial charge in [-0.1, -0.05) is 13.5 Å². The molecule has 3 atom stereocenters. The Hall–Kier alpha value is 0.300. The van der Waals surface area contributed by atoms with Gasteiger partial charge >= 0.3 is 0 Å². The number of halogens is 1. The number of aliphatic hydroxyl groups is 2. The summed E-state index contributed by atoms with van der Waals surface area (Å²) in [6, 6.07) is 0. The minimum Gasteiger partial charge on any atom is -0.394 e. The van der Waals surface area contributed by atoms with Gasteiger partial charge in [-0.05, 0) is 51.4 Å². The second-order valence-corrected chi connectivity index (χ2v) is 7.41. The van der Waals surface area contributed by atoms with E-state index in [1.54, 1.807) is 0 Å². The average Bonchev–Trinajstić information content (AvgIpc) is 2.23. The van der Waals surface area contributed by atoms with Crippen LogP contribution in [0.15, 0.2) is 10.2 Å². The summed E-state index contributed by atoms with van der Waals surface area (Å²) in [5, 5.41) is 18.0. The molecule has 0 aliphatic rings. The van der Waals surface area contributed by atoms with Crippen molar-refractivity contribution in [2.24, 2.45) is 5.92 Å². The molecule has 0 rings (SSSR count). The summed E-state index contributed by atoms with van der Waals surface area (Å²) in [5.41, 5.74) is 0. The largest absolute Gasteiger partial charge is 0.394 e. The molecule has 0 aliphatic heterocycles. The highest BCUT2D eigenvalue weighted by Gasteiger charge is 2.20. The minimum absolute atomic E-state index is 0.128. The molecule has 3 unspecified atom stereocenters. The third-order valence-electron chi connectivity index (χ3n) is 2.49. The predicted octanol–water partition coefficient (Wildman–Crippen LogP) is 1.44. The van der Waals surface area contributed by atoms with Crippen molar-refractivity contribution in [3.05, 3.63) is 10.2 Å². The van der Waals surface area contributed by atoms with Crippen LogP contribution in [0.4, 0.5) is 0 Å². The Morgan fingerprint density at radius 1 is 1.44 bits per heavy atom. The SMILES string of the molecule is C=C(I)C(C)CC(CCC(O)CO)OS(C)(=O)=O. The van der Waals surface area contributed by atoms with Crippen LogP contribution >= 0.6 is 22.6 Å². The summed E-state index contributed by atoms with van der Waals surface area (Å²) in [7, 11) is -3.53. The van der Waals surface area contributed by atoms with Gasteiger partial charge in [0.1, 0.15) is 0 Å². The van der Waals surface area contributed by atoms with Gasteiger partial charge in [-0.15, -0.1) is 0 Å². The van der Waals surface area contributed by atoms with E-state index in [0.717, 1.165) is 9.84 Å². The summed E-state index contributed by atoms with van der Waals surface area (Å²) in [5.74, 6) is 0.128. The molecular weight excluding hydrogens is 371 g/mol. The van der Waals surface area contributed by atoms with E-state index in [2.05, 4.69) is 29.2 Å². The Balaban J connectivity index is 4.47. The first-order chi connectivity index (χ1) is 8.15. The molecule has 0 aromatic heterocycles. The standard InChI is InChI=1S/C11H21IO5S/c1-8(9(2)12)6-11(17-18(3,15)16)5-4-10(14)7-13/h8,10-11,13-14H,2,4-7H2,1,3H3. The topological polar surface area (TPSA) is 83.8 Å². The molecule has 0 aromatic rings. The lowest BCUT2D eigenvalue weighted by molar-refractivity contribution is 0.0713. The van der Waals surface area contributed by atoms with Gasteiger partial charge in [-0.3, -0.25) is 4.18 Å². The van der Waals surface area contributed by atoms with E-state index in [-0.39, 0.29) is 12.5 Å². The van der Waals surface area contributed by atoms with Crippen molar-refractivity contribution in [1.82, 2.24) is 0 Å². The van der Waals surface area contributed by atoms with E-state index in [1.165, 1.54) is 0 Å². The Morgan fingerprint density at radius 3 is 2.39 bits per heavy atom. The van der Waals surface area contributed by atoms with Crippen LogP contribution in [0.3, 0.4) is 0 Å². The van der Waals surface area contributed by atoms with Gasteiger partial charge < -0.3 is 10.2 Å². The summed E-state index contributed by atoms with van der Waals surface area (Å²) in [4.78, 5) is 0. The maximum atomic E-state index is 11.1. The first-order valence-corrected chi connectivity index (χ1v) is 8.56. The van der Waals surface area contributed by atoms with Crippen LogP contribution in [0.5, 0.6) is 0 Å².